The molecule has 1 aliphatic rings. The summed E-state index contributed by atoms with van der Waals surface area (Å²) in [5.41, 5.74) is 2.76. The highest BCUT2D eigenvalue weighted by Crippen LogP contribution is 2.37. The monoisotopic (exact) mass is 150 g/mol. The van der Waals surface area contributed by atoms with Gasteiger partial charge in [-0.2, -0.15) is 0 Å². The second-order valence-corrected chi connectivity index (χ2v) is 2.78. The zero-order chi connectivity index (χ0) is 6.97. The van der Waals surface area contributed by atoms with E-state index in [1.54, 1.807) is 0 Å². The number of hydrogen-bond donors (Lipinski definition) is 0. The van der Waals surface area contributed by atoms with Crippen LogP contribution in [0.2, 0.25) is 0 Å². The predicted molar refractivity (Wildman–Crippen MR) is 42.0 cm³/mol. The first-order valence-electron chi connectivity index (χ1n) is 3.36. The minimum Gasteiger partial charge on any atom is -0.115 e. The molecule has 0 aliphatic heterocycles. The molecule has 1 unspecified atom stereocenters. The van der Waals surface area contributed by atoms with Gasteiger partial charge in [-0.3, -0.25) is 0 Å². The van der Waals surface area contributed by atoms with E-state index in [-0.39, 0.29) is 0 Å². The van der Waals surface area contributed by atoms with Gasteiger partial charge in [0.2, 0.25) is 0 Å². The lowest BCUT2D eigenvalue weighted by atomic mass is 9.79. The third kappa shape index (κ3) is 0.757. The lowest BCUT2D eigenvalue weighted by Crippen LogP contribution is -2.15. The summed E-state index contributed by atoms with van der Waals surface area (Å²) >= 11 is 5.48. The molecule has 1 aromatic carbocycles. The summed E-state index contributed by atoms with van der Waals surface area (Å²) in [4.78, 5) is 0. The molecule has 0 saturated carbocycles. The molecule has 1 aromatic rings. The molecular weight excluding hydrogens is 144 g/mol. The Morgan fingerprint density at radius 1 is 1.40 bits per heavy atom. The lowest BCUT2D eigenvalue weighted by Gasteiger charge is -2.27. The van der Waals surface area contributed by atoms with E-state index >= 15 is 0 Å². The minimum atomic E-state index is 0.387. The maximum atomic E-state index is 5.48. The quantitative estimate of drug-likeness (QED) is 0.578. The Hall–Kier alpha value is -0.490. The highest BCUT2D eigenvalue weighted by atomic mass is 35.5. The summed E-state index contributed by atoms with van der Waals surface area (Å²) in [6.45, 7) is 0. The van der Waals surface area contributed by atoms with E-state index in [0.29, 0.717) is 5.92 Å². The number of hydrogen-bond acceptors (Lipinski definition) is 0. The fourth-order valence-corrected chi connectivity index (χ4v) is 1.55. The van der Waals surface area contributed by atoms with Crippen LogP contribution < -0.4 is 0 Å². The van der Waals surface area contributed by atoms with Gasteiger partial charge in [0.05, 0.1) is 5.88 Å². The van der Waals surface area contributed by atoms with Crippen molar-refractivity contribution in [2.75, 3.05) is 0 Å². The van der Waals surface area contributed by atoms with Crippen molar-refractivity contribution < 1.29 is 0 Å². The molecule has 10 heavy (non-hydrogen) atoms. The summed E-state index contributed by atoms with van der Waals surface area (Å²) in [7, 11) is 0. The van der Waals surface area contributed by atoms with Crippen molar-refractivity contribution >= 4 is 11.6 Å². The highest BCUT2D eigenvalue weighted by molar-refractivity contribution is 6.23. The third-order valence-electron chi connectivity index (χ3n) is 1.99. The Balaban J connectivity index is 2.34. The van der Waals surface area contributed by atoms with Crippen molar-refractivity contribution in [3.63, 3.8) is 0 Å². The topological polar surface area (TPSA) is 0 Å². The van der Waals surface area contributed by atoms with Gasteiger partial charge in [0.25, 0.3) is 0 Å². The van der Waals surface area contributed by atoms with Crippen LogP contribution >= 0.6 is 11.6 Å². The minimum absolute atomic E-state index is 0.387. The molecule has 0 heterocycles. The van der Waals surface area contributed by atoms with E-state index in [1.807, 2.05) is 6.07 Å². The van der Waals surface area contributed by atoms with Gasteiger partial charge in [-0.15, -0.1) is 11.6 Å². The first kappa shape index (κ1) is 6.23. The molecule has 0 nitrogen and oxygen atoms in total. The summed E-state index contributed by atoms with van der Waals surface area (Å²) in [6.07, 6.45) is 1.07. The fourth-order valence-electron chi connectivity index (χ4n) is 1.36. The molecule has 2 radical (unpaired) electrons. The van der Waals surface area contributed by atoms with E-state index in [0.717, 1.165) is 6.42 Å². The van der Waals surface area contributed by atoms with Gasteiger partial charge in [-0.25, -0.2) is 0 Å². The van der Waals surface area contributed by atoms with Crippen LogP contribution in [0.3, 0.4) is 0 Å². The molecule has 1 heteroatoms. The second kappa shape index (κ2) is 2.28. The zero-order valence-corrected chi connectivity index (χ0v) is 6.23. The second-order valence-electron chi connectivity index (χ2n) is 2.56. The molecule has 0 bridgehead atoms. The van der Waals surface area contributed by atoms with E-state index in [2.05, 4.69) is 24.1 Å². The molecule has 0 amide bonds. The largest absolute Gasteiger partial charge is 0.115 e. The molecule has 0 aromatic heterocycles. The number of benzene rings is 1. The van der Waals surface area contributed by atoms with E-state index in [9.17, 15) is 0 Å². The zero-order valence-electron chi connectivity index (χ0n) is 5.47. The Labute approximate surface area is 65.8 Å². The van der Waals surface area contributed by atoms with Crippen LogP contribution in [-0.4, -0.2) is 0 Å². The van der Waals surface area contributed by atoms with Gasteiger partial charge < -0.3 is 0 Å². The summed E-state index contributed by atoms with van der Waals surface area (Å²) in [5.74, 6) is 3.12. The van der Waals surface area contributed by atoms with Crippen LogP contribution in [0.15, 0.2) is 24.3 Å². The van der Waals surface area contributed by atoms with E-state index < -0.39 is 0 Å². The van der Waals surface area contributed by atoms with Crippen LogP contribution in [0.25, 0.3) is 0 Å². The maximum absolute atomic E-state index is 5.48. The molecule has 0 fully saturated rings. The Bertz CT molecular complexity index is 242. The van der Waals surface area contributed by atoms with E-state index in [4.69, 9.17) is 11.6 Å². The molecular formula is C9H7Cl. The van der Waals surface area contributed by atoms with Gasteiger partial charge in [0, 0.05) is 5.92 Å². The third-order valence-corrected chi connectivity index (χ3v) is 2.25. The molecule has 0 saturated heterocycles. The number of rotatable bonds is 1. The molecule has 1 aliphatic carbocycles. The van der Waals surface area contributed by atoms with Crippen molar-refractivity contribution in [1.82, 2.24) is 0 Å². The van der Waals surface area contributed by atoms with Gasteiger partial charge in [0.1, 0.15) is 0 Å². The lowest BCUT2D eigenvalue weighted by molar-refractivity contribution is 0.716. The van der Waals surface area contributed by atoms with Crippen LogP contribution in [0.1, 0.15) is 17.0 Å². The Kier molecular flexibility index (Phi) is 1.42. The summed E-state index contributed by atoms with van der Waals surface area (Å²) < 4.78 is 0. The Morgan fingerprint density at radius 2 is 2.20 bits per heavy atom. The smallest absolute Gasteiger partial charge is 0.0948 e. The molecule has 2 rings (SSSR count). The first-order chi connectivity index (χ1) is 4.92. The van der Waals surface area contributed by atoms with Gasteiger partial charge in [-0.05, 0) is 17.5 Å². The highest BCUT2D eigenvalue weighted by Gasteiger charge is 2.24. The van der Waals surface area contributed by atoms with Crippen molar-refractivity contribution in [2.45, 2.75) is 12.3 Å². The van der Waals surface area contributed by atoms with Crippen LogP contribution in [0.4, 0.5) is 0 Å². The van der Waals surface area contributed by atoms with Crippen molar-refractivity contribution in [3.05, 3.63) is 41.3 Å². The Morgan fingerprint density at radius 3 is 2.90 bits per heavy atom. The maximum Gasteiger partial charge on any atom is 0.0948 e. The molecule has 50 valence electrons. The summed E-state index contributed by atoms with van der Waals surface area (Å²) in [5, 5.41) is 0. The van der Waals surface area contributed by atoms with Crippen molar-refractivity contribution in [3.8, 4) is 0 Å². The SMILES string of the molecule is Cl[C]C1Cc2ccccc21. The molecule has 1 atom stereocenters. The summed E-state index contributed by atoms with van der Waals surface area (Å²) in [6, 6.07) is 8.35. The van der Waals surface area contributed by atoms with E-state index in [1.165, 1.54) is 11.1 Å². The van der Waals surface area contributed by atoms with Gasteiger partial charge in [0.15, 0.2) is 0 Å². The van der Waals surface area contributed by atoms with Crippen molar-refractivity contribution in [2.24, 2.45) is 0 Å². The normalized spacial score (nSPS) is 21.5. The van der Waals surface area contributed by atoms with Crippen molar-refractivity contribution in [1.29, 1.82) is 0 Å². The van der Waals surface area contributed by atoms with Crippen LogP contribution in [0.5, 0.6) is 0 Å². The standard InChI is InChI=1S/C9H7Cl/c10-6-8-5-7-3-1-2-4-9(7)8/h1-4,8H,5H2. The molecule has 0 spiro atoms. The van der Waals surface area contributed by atoms with Gasteiger partial charge in [-0.1, -0.05) is 24.3 Å². The molecule has 0 N–H and O–H groups in total. The first-order valence-corrected chi connectivity index (χ1v) is 3.73. The predicted octanol–water partition coefficient (Wildman–Crippen LogP) is 2.60. The van der Waals surface area contributed by atoms with Crippen LogP contribution in [0, 0.1) is 5.88 Å². The average Bonchev–Trinajstić information content (AvgIpc) is 1.92. The number of fused-ring (bicyclic) bond motifs is 1. The van der Waals surface area contributed by atoms with Gasteiger partial charge >= 0.3 is 0 Å². The average molecular weight is 151 g/mol. The van der Waals surface area contributed by atoms with Crippen LogP contribution in [-0.2, 0) is 6.42 Å². The number of halogens is 1. The fraction of sp³-hybridized carbons (Fsp3) is 0.222.